The van der Waals surface area contributed by atoms with Crippen molar-refractivity contribution in [3.63, 3.8) is 0 Å². The van der Waals surface area contributed by atoms with Crippen molar-refractivity contribution in [2.75, 3.05) is 0 Å². The van der Waals surface area contributed by atoms with E-state index in [1.54, 1.807) is 6.07 Å². The van der Waals surface area contributed by atoms with Crippen molar-refractivity contribution in [3.05, 3.63) is 58.3 Å². The van der Waals surface area contributed by atoms with Gasteiger partial charge in [0, 0.05) is 17.7 Å². The number of carboxylic acids is 1. The van der Waals surface area contributed by atoms with Crippen molar-refractivity contribution in [1.82, 2.24) is 14.6 Å². The zero-order chi connectivity index (χ0) is 14.3. The Morgan fingerprint density at radius 1 is 1.30 bits per heavy atom. The summed E-state index contributed by atoms with van der Waals surface area (Å²) in [5, 5.41) is 11.6. The van der Waals surface area contributed by atoms with Gasteiger partial charge in [-0.1, -0.05) is 12.1 Å². The van der Waals surface area contributed by atoms with Gasteiger partial charge in [-0.25, -0.2) is 18.7 Å². The molecule has 2 N–H and O–H groups in total. The molecule has 0 spiro atoms. The van der Waals surface area contributed by atoms with E-state index in [4.69, 9.17) is 5.11 Å². The molecule has 0 amide bonds. The molecule has 2 heterocycles. The Bertz CT molecular complexity index is 882. The largest absolute Gasteiger partial charge is 0.477 e. The van der Waals surface area contributed by atoms with Crippen molar-refractivity contribution in [1.29, 1.82) is 0 Å². The number of fused-ring (bicyclic) bond motifs is 1. The van der Waals surface area contributed by atoms with Gasteiger partial charge in [0.25, 0.3) is 5.56 Å². The number of H-pyrrole nitrogens is 1. The molecule has 7 heteroatoms. The summed E-state index contributed by atoms with van der Waals surface area (Å²) in [6, 6.07) is 8.21. The van der Waals surface area contributed by atoms with Crippen molar-refractivity contribution in [2.24, 2.45) is 0 Å². The molecule has 0 bridgehead atoms. The fourth-order valence-electron chi connectivity index (χ4n) is 1.90. The number of hydrogen-bond acceptors (Lipinski definition) is 3. The number of carbonyl (C=O) groups is 1. The van der Waals surface area contributed by atoms with Crippen LogP contribution in [-0.4, -0.2) is 25.7 Å². The molecule has 100 valence electrons. The van der Waals surface area contributed by atoms with Gasteiger partial charge in [0.05, 0.1) is 5.69 Å². The summed E-state index contributed by atoms with van der Waals surface area (Å²) in [4.78, 5) is 26.5. The molecule has 6 nitrogen and oxygen atoms in total. The Morgan fingerprint density at radius 2 is 2.10 bits per heavy atom. The van der Waals surface area contributed by atoms with Gasteiger partial charge in [0.1, 0.15) is 5.82 Å². The lowest BCUT2D eigenvalue weighted by Crippen LogP contribution is -2.17. The monoisotopic (exact) mass is 273 g/mol. The summed E-state index contributed by atoms with van der Waals surface area (Å²) in [5.74, 6) is -1.69. The third-order valence-corrected chi connectivity index (χ3v) is 2.81. The molecule has 0 atom stereocenters. The third-order valence-electron chi connectivity index (χ3n) is 2.81. The first kappa shape index (κ1) is 12.1. The minimum Gasteiger partial charge on any atom is -0.477 e. The average molecular weight is 273 g/mol. The van der Waals surface area contributed by atoms with E-state index in [0.717, 1.165) is 10.6 Å². The Balaban J connectivity index is 2.23. The summed E-state index contributed by atoms with van der Waals surface area (Å²) in [6.07, 6.45) is 0. The van der Waals surface area contributed by atoms with Crippen molar-refractivity contribution < 1.29 is 14.3 Å². The molecule has 0 radical (unpaired) electrons. The predicted octanol–water partition coefficient (Wildman–Crippen LogP) is 1.53. The maximum atomic E-state index is 13.2. The molecule has 2 aromatic heterocycles. The first-order valence-electron chi connectivity index (χ1n) is 5.66. The topological polar surface area (TPSA) is 87.5 Å². The minimum absolute atomic E-state index is 0.161. The Labute approximate surface area is 111 Å². The molecule has 3 aromatic rings. The van der Waals surface area contributed by atoms with Gasteiger partial charge in [-0.2, -0.15) is 0 Å². The van der Waals surface area contributed by atoms with E-state index in [9.17, 15) is 14.0 Å². The molecule has 0 unspecified atom stereocenters. The maximum absolute atomic E-state index is 13.2. The lowest BCUT2D eigenvalue weighted by molar-refractivity contribution is 0.0690. The van der Waals surface area contributed by atoms with Crippen LogP contribution in [-0.2, 0) is 0 Å². The molecular formula is C13H8FN3O3. The van der Waals surface area contributed by atoms with E-state index in [2.05, 4.69) is 10.1 Å². The number of nitrogens with one attached hydrogen (secondary N) is 1. The highest BCUT2D eigenvalue weighted by atomic mass is 19.1. The molecule has 0 aliphatic heterocycles. The quantitative estimate of drug-likeness (QED) is 0.741. The van der Waals surface area contributed by atoms with Crippen LogP contribution in [0, 0.1) is 5.82 Å². The Morgan fingerprint density at radius 3 is 2.80 bits per heavy atom. The molecular weight excluding hydrogens is 265 g/mol. The Kier molecular flexibility index (Phi) is 2.60. The van der Waals surface area contributed by atoms with Gasteiger partial charge >= 0.3 is 5.97 Å². The van der Waals surface area contributed by atoms with E-state index in [1.165, 1.54) is 24.3 Å². The number of aromatic nitrogens is 3. The molecule has 0 saturated heterocycles. The molecule has 20 heavy (non-hydrogen) atoms. The lowest BCUT2D eigenvalue weighted by atomic mass is 10.1. The SMILES string of the molecule is O=C(O)c1cc(=O)n2[nH]c(-c3cccc(F)c3)cc2n1. The van der Waals surface area contributed by atoms with Gasteiger partial charge < -0.3 is 5.11 Å². The second-order valence-corrected chi connectivity index (χ2v) is 4.16. The minimum atomic E-state index is -1.28. The van der Waals surface area contributed by atoms with Crippen LogP contribution in [0.15, 0.2) is 41.2 Å². The molecule has 3 rings (SSSR count). The second kappa shape index (κ2) is 4.30. The summed E-state index contributed by atoms with van der Waals surface area (Å²) in [5.41, 5.74) is 0.285. The van der Waals surface area contributed by atoms with Gasteiger partial charge in [0.2, 0.25) is 0 Å². The standard InChI is InChI=1S/C13H8FN3O3/c14-8-3-1-2-7(4-8)9-5-11-15-10(13(19)20)6-12(18)17(11)16-9/h1-6,16H,(H,19,20). The van der Waals surface area contributed by atoms with E-state index >= 15 is 0 Å². The van der Waals surface area contributed by atoms with Crippen LogP contribution in [0.4, 0.5) is 4.39 Å². The van der Waals surface area contributed by atoms with Gasteiger partial charge in [-0.15, -0.1) is 0 Å². The number of halogens is 1. The fourth-order valence-corrected chi connectivity index (χ4v) is 1.90. The van der Waals surface area contributed by atoms with E-state index in [0.29, 0.717) is 11.3 Å². The maximum Gasteiger partial charge on any atom is 0.354 e. The highest BCUT2D eigenvalue weighted by Crippen LogP contribution is 2.19. The fraction of sp³-hybridized carbons (Fsp3) is 0. The molecule has 0 fully saturated rings. The van der Waals surface area contributed by atoms with Gasteiger partial charge in [-0.3, -0.25) is 9.89 Å². The summed E-state index contributed by atoms with van der Waals surface area (Å²) in [6.45, 7) is 0. The molecule has 0 saturated carbocycles. The number of aromatic amines is 1. The van der Waals surface area contributed by atoms with Crippen LogP contribution in [0.2, 0.25) is 0 Å². The van der Waals surface area contributed by atoms with Crippen LogP contribution in [0.3, 0.4) is 0 Å². The highest BCUT2D eigenvalue weighted by molar-refractivity contribution is 5.85. The third kappa shape index (κ3) is 1.95. The number of hydrogen-bond donors (Lipinski definition) is 2. The van der Waals surface area contributed by atoms with Gasteiger partial charge in [0.15, 0.2) is 11.3 Å². The average Bonchev–Trinajstić information content (AvgIpc) is 2.83. The van der Waals surface area contributed by atoms with Crippen molar-refractivity contribution >= 4 is 11.6 Å². The lowest BCUT2D eigenvalue weighted by Gasteiger charge is -1.96. The summed E-state index contributed by atoms with van der Waals surface area (Å²) in [7, 11) is 0. The highest BCUT2D eigenvalue weighted by Gasteiger charge is 2.11. The van der Waals surface area contributed by atoms with Crippen LogP contribution in [0.25, 0.3) is 16.9 Å². The smallest absolute Gasteiger partial charge is 0.354 e. The van der Waals surface area contributed by atoms with Gasteiger partial charge in [-0.05, 0) is 12.1 Å². The van der Waals surface area contributed by atoms with E-state index < -0.39 is 17.3 Å². The second-order valence-electron chi connectivity index (χ2n) is 4.16. The zero-order valence-electron chi connectivity index (χ0n) is 10.0. The first-order valence-corrected chi connectivity index (χ1v) is 5.66. The molecule has 1 aromatic carbocycles. The summed E-state index contributed by atoms with van der Waals surface area (Å²) >= 11 is 0. The summed E-state index contributed by atoms with van der Waals surface area (Å²) < 4.78 is 14.3. The zero-order valence-corrected chi connectivity index (χ0v) is 10.0. The number of benzene rings is 1. The first-order chi connectivity index (χ1) is 9.54. The van der Waals surface area contributed by atoms with Crippen LogP contribution >= 0.6 is 0 Å². The Hall–Kier alpha value is -2.96. The van der Waals surface area contributed by atoms with Crippen molar-refractivity contribution in [3.8, 4) is 11.3 Å². The normalized spacial score (nSPS) is 10.8. The van der Waals surface area contributed by atoms with Crippen LogP contribution in [0.1, 0.15) is 10.5 Å². The van der Waals surface area contributed by atoms with Crippen LogP contribution in [0.5, 0.6) is 0 Å². The van der Waals surface area contributed by atoms with E-state index in [-0.39, 0.29) is 11.3 Å². The van der Waals surface area contributed by atoms with Crippen LogP contribution < -0.4 is 5.56 Å². The molecule has 0 aliphatic carbocycles. The number of carboxylic acid groups (broad SMARTS) is 1. The van der Waals surface area contributed by atoms with E-state index in [1.807, 2.05) is 0 Å². The number of aromatic carboxylic acids is 1. The van der Waals surface area contributed by atoms with Crippen molar-refractivity contribution in [2.45, 2.75) is 0 Å². The predicted molar refractivity (Wildman–Crippen MR) is 68.2 cm³/mol. The number of rotatable bonds is 2. The number of nitrogens with zero attached hydrogens (tertiary/aromatic N) is 2. The molecule has 0 aliphatic rings.